The first-order valence-electron chi connectivity index (χ1n) is 10.8. The van der Waals surface area contributed by atoms with Crippen LogP contribution in [-0.2, 0) is 29.1 Å². The molecule has 178 valence electrons. The Balaban J connectivity index is 2.13. The third-order valence-electron chi connectivity index (χ3n) is 7.00. The van der Waals surface area contributed by atoms with Crippen LogP contribution in [0.25, 0.3) is 5.57 Å². The van der Waals surface area contributed by atoms with Crippen molar-refractivity contribution in [3.63, 3.8) is 0 Å². The van der Waals surface area contributed by atoms with E-state index in [1.54, 1.807) is 30.3 Å². The number of aryl methyl sites for hydroxylation is 1. The lowest BCUT2D eigenvalue weighted by atomic mass is 9.75. The van der Waals surface area contributed by atoms with Crippen LogP contribution < -0.4 is 0 Å². The van der Waals surface area contributed by atoms with E-state index in [1.807, 2.05) is 19.1 Å². The maximum Gasteiger partial charge on any atom is 0.325 e. The SMILES string of the molecule is C=CCC12CC(C(=O)OC)(C(=O)OC)C(c3ccccc3C1=C)N2S(=O)(=O)c1ccc(C)cc1. The summed E-state index contributed by atoms with van der Waals surface area (Å²) in [6, 6.07) is 12.3. The molecule has 0 amide bonds. The first kappa shape index (κ1) is 23.9. The van der Waals surface area contributed by atoms with Crippen LogP contribution in [0.4, 0.5) is 0 Å². The molecule has 2 aliphatic heterocycles. The Morgan fingerprint density at radius 2 is 1.68 bits per heavy atom. The summed E-state index contributed by atoms with van der Waals surface area (Å²) in [6.07, 6.45) is 1.53. The molecule has 2 bridgehead atoms. The molecule has 2 aromatic rings. The average Bonchev–Trinajstić information content (AvgIpc) is 3.12. The van der Waals surface area contributed by atoms with Crippen LogP contribution in [0, 0.1) is 12.3 Å². The second-order valence-electron chi connectivity index (χ2n) is 8.74. The largest absolute Gasteiger partial charge is 0.468 e. The van der Waals surface area contributed by atoms with Gasteiger partial charge in [0.25, 0.3) is 0 Å². The molecule has 7 nitrogen and oxygen atoms in total. The molecule has 2 unspecified atom stereocenters. The van der Waals surface area contributed by atoms with Crippen LogP contribution in [0.15, 0.2) is 72.7 Å². The highest BCUT2D eigenvalue weighted by atomic mass is 32.2. The fourth-order valence-corrected chi connectivity index (χ4v) is 7.50. The zero-order chi connectivity index (χ0) is 24.9. The van der Waals surface area contributed by atoms with Gasteiger partial charge in [0.15, 0.2) is 5.41 Å². The molecule has 8 heteroatoms. The van der Waals surface area contributed by atoms with E-state index in [1.165, 1.54) is 30.7 Å². The maximum atomic E-state index is 14.3. The van der Waals surface area contributed by atoms with Crippen molar-refractivity contribution in [2.45, 2.75) is 36.2 Å². The second kappa shape index (κ2) is 8.21. The highest BCUT2D eigenvalue weighted by Crippen LogP contribution is 2.66. The Bertz CT molecular complexity index is 1280. The number of fused-ring (bicyclic) bond motifs is 4. The Morgan fingerprint density at radius 1 is 1.09 bits per heavy atom. The number of carbonyl (C=O) groups excluding carboxylic acids is 2. The van der Waals surface area contributed by atoms with E-state index in [0.717, 1.165) is 5.56 Å². The Hall–Kier alpha value is -3.23. The molecule has 1 saturated heterocycles. The lowest BCUT2D eigenvalue weighted by Crippen LogP contribution is -2.52. The normalized spacial score (nSPS) is 23.1. The van der Waals surface area contributed by atoms with Gasteiger partial charge in [-0.15, -0.1) is 6.58 Å². The van der Waals surface area contributed by atoms with E-state index in [0.29, 0.717) is 16.7 Å². The van der Waals surface area contributed by atoms with E-state index in [2.05, 4.69) is 13.2 Å². The number of nitrogens with zero attached hydrogens (tertiary/aromatic N) is 1. The van der Waals surface area contributed by atoms with Crippen LogP contribution in [0.2, 0.25) is 0 Å². The number of esters is 2. The number of benzene rings is 2. The number of sulfonamides is 1. The minimum atomic E-state index is -4.22. The van der Waals surface area contributed by atoms with E-state index in [-0.39, 0.29) is 17.7 Å². The molecule has 0 spiro atoms. The second-order valence-corrected chi connectivity index (χ2v) is 10.6. The predicted octanol–water partition coefficient (Wildman–Crippen LogP) is 3.80. The molecule has 1 fully saturated rings. The molecule has 0 aliphatic carbocycles. The van der Waals surface area contributed by atoms with Crippen LogP contribution >= 0.6 is 0 Å². The number of ether oxygens (including phenoxy) is 2. The van der Waals surface area contributed by atoms with Crippen molar-refractivity contribution in [3.05, 3.63) is 84.5 Å². The van der Waals surface area contributed by atoms with Crippen LogP contribution in [0.3, 0.4) is 0 Å². The Morgan fingerprint density at radius 3 is 2.24 bits per heavy atom. The molecule has 0 radical (unpaired) electrons. The smallest absolute Gasteiger partial charge is 0.325 e. The Labute approximate surface area is 199 Å². The standard InChI is InChI=1S/C26H27NO6S/c1-6-15-25-16-26(23(28)32-4,24(29)33-5)22(21-10-8-7-9-20(21)18(25)3)27(25)34(30,31)19-13-11-17(2)12-14-19/h6-14,22H,1,3,15-16H2,2,4-5H3. The van der Waals surface area contributed by atoms with Gasteiger partial charge in [0.2, 0.25) is 10.0 Å². The van der Waals surface area contributed by atoms with Crippen molar-refractivity contribution in [1.29, 1.82) is 0 Å². The van der Waals surface area contributed by atoms with Crippen molar-refractivity contribution in [2.75, 3.05) is 14.2 Å². The van der Waals surface area contributed by atoms with Crippen LogP contribution in [0.5, 0.6) is 0 Å². The van der Waals surface area contributed by atoms with Crippen molar-refractivity contribution in [2.24, 2.45) is 5.41 Å². The highest BCUT2D eigenvalue weighted by Gasteiger charge is 2.74. The molecule has 0 saturated carbocycles. The molecule has 0 aromatic heterocycles. The van der Waals surface area contributed by atoms with Crippen molar-refractivity contribution < 1.29 is 27.5 Å². The van der Waals surface area contributed by atoms with E-state index >= 15 is 0 Å². The number of carbonyl (C=O) groups is 2. The molecule has 0 N–H and O–H groups in total. The topological polar surface area (TPSA) is 90.0 Å². The molecular weight excluding hydrogens is 454 g/mol. The van der Waals surface area contributed by atoms with Crippen molar-refractivity contribution in [3.8, 4) is 0 Å². The fraction of sp³-hybridized carbons (Fsp3) is 0.308. The fourth-order valence-electron chi connectivity index (χ4n) is 5.51. The zero-order valence-electron chi connectivity index (χ0n) is 19.4. The third kappa shape index (κ3) is 3.02. The molecule has 2 aromatic carbocycles. The minimum absolute atomic E-state index is 0.0502. The van der Waals surface area contributed by atoms with E-state index in [4.69, 9.17) is 9.47 Å². The minimum Gasteiger partial charge on any atom is -0.468 e. The van der Waals surface area contributed by atoms with Gasteiger partial charge in [-0.3, -0.25) is 9.59 Å². The van der Waals surface area contributed by atoms with Gasteiger partial charge in [0.1, 0.15) is 0 Å². The van der Waals surface area contributed by atoms with Crippen molar-refractivity contribution in [1.82, 2.24) is 4.31 Å². The number of hydrogen-bond donors (Lipinski definition) is 0. The highest BCUT2D eigenvalue weighted by molar-refractivity contribution is 7.89. The summed E-state index contributed by atoms with van der Waals surface area (Å²) >= 11 is 0. The van der Waals surface area contributed by atoms with Gasteiger partial charge in [-0.05, 0) is 42.2 Å². The summed E-state index contributed by atoms with van der Waals surface area (Å²) in [4.78, 5) is 26.8. The molecule has 2 heterocycles. The van der Waals surface area contributed by atoms with Gasteiger partial charge in [0, 0.05) is 6.42 Å². The van der Waals surface area contributed by atoms with E-state index in [9.17, 15) is 18.0 Å². The van der Waals surface area contributed by atoms with Crippen LogP contribution in [0.1, 0.15) is 35.6 Å². The summed E-state index contributed by atoms with van der Waals surface area (Å²) in [6.45, 7) is 9.97. The summed E-state index contributed by atoms with van der Waals surface area (Å²) in [5.74, 6) is -1.72. The molecule has 2 atom stereocenters. The summed E-state index contributed by atoms with van der Waals surface area (Å²) < 4.78 is 40.0. The predicted molar refractivity (Wildman–Crippen MR) is 127 cm³/mol. The monoisotopic (exact) mass is 481 g/mol. The summed E-state index contributed by atoms with van der Waals surface area (Å²) in [5, 5.41) is 0. The van der Waals surface area contributed by atoms with Gasteiger partial charge in [-0.2, -0.15) is 4.31 Å². The van der Waals surface area contributed by atoms with Crippen molar-refractivity contribution >= 4 is 27.5 Å². The third-order valence-corrected chi connectivity index (χ3v) is 8.94. The summed E-state index contributed by atoms with van der Waals surface area (Å²) in [7, 11) is -1.87. The first-order valence-corrected chi connectivity index (χ1v) is 12.2. The average molecular weight is 482 g/mol. The van der Waals surface area contributed by atoms with Crippen LogP contribution in [-0.4, -0.2) is 44.4 Å². The van der Waals surface area contributed by atoms with Gasteiger partial charge in [-0.25, -0.2) is 8.42 Å². The molecule has 34 heavy (non-hydrogen) atoms. The lowest BCUT2D eigenvalue weighted by Gasteiger charge is -2.45. The number of methoxy groups -OCH3 is 2. The molecule has 2 aliphatic rings. The molecule has 4 rings (SSSR count). The van der Waals surface area contributed by atoms with E-state index < -0.39 is 39.0 Å². The number of hydrogen-bond acceptors (Lipinski definition) is 6. The molecular formula is C26H27NO6S. The Kier molecular flexibility index (Phi) is 5.78. The number of rotatable bonds is 6. The van der Waals surface area contributed by atoms with Gasteiger partial charge in [0.05, 0.1) is 30.7 Å². The quantitative estimate of drug-likeness (QED) is 0.354. The maximum absolute atomic E-state index is 14.3. The first-order chi connectivity index (χ1) is 16.1. The lowest BCUT2D eigenvalue weighted by molar-refractivity contribution is -0.170. The zero-order valence-corrected chi connectivity index (χ0v) is 20.2. The van der Waals surface area contributed by atoms with Gasteiger partial charge < -0.3 is 9.47 Å². The van der Waals surface area contributed by atoms with Gasteiger partial charge >= 0.3 is 11.9 Å². The summed E-state index contributed by atoms with van der Waals surface area (Å²) in [5.41, 5.74) is -0.679. The van der Waals surface area contributed by atoms with Gasteiger partial charge in [-0.1, -0.05) is 54.6 Å².